The summed E-state index contributed by atoms with van der Waals surface area (Å²) in [6.07, 6.45) is 1.58. The van der Waals surface area contributed by atoms with Gasteiger partial charge in [0, 0.05) is 17.3 Å². The molecule has 0 bridgehead atoms. The molecule has 26 heavy (non-hydrogen) atoms. The van der Waals surface area contributed by atoms with E-state index in [4.69, 9.17) is 4.74 Å². The zero-order valence-electron chi connectivity index (χ0n) is 14.7. The molecule has 0 aliphatic rings. The minimum Gasteiger partial charge on any atom is -0.497 e. The highest BCUT2D eigenvalue weighted by atomic mass is 16.5. The van der Waals surface area contributed by atoms with Gasteiger partial charge in [-0.3, -0.25) is 0 Å². The molecule has 0 aliphatic heterocycles. The number of benzene rings is 2. The molecule has 0 fully saturated rings. The number of anilines is 1. The van der Waals surface area contributed by atoms with Gasteiger partial charge in [-0.1, -0.05) is 42.5 Å². The molecule has 0 saturated carbocycles. The van der Waals surface area contributed by atoms with Gasteiger partial charge < -0.3 is 15.0 Å². The summed E-state index contributed by atoms with van der Waals surface area (Å²) in [5.41, 5.74) is 4.04. The van der Waals surface area contributed by atoms with Gasteiger partial charge in [0.05, 0.1) is 12.5 Å². The van der Waals surface area contributed by atoms with Crippen molar-refractivity contribution in [1.82, 2.24) is 15.0 Å². The lowest BCUT2D eigenvalue weighted by Gasteiger charge is -2.15. The van der Waals surface area contributed by atoms with Gasteiger partial charge in [-0.05, 0) is 30.7 Å². The fraction of sp³-hybridized carbons (Fsp3) is 0.143. The first kappa shape index (κ1) is 16.1. The number of nitrogens with zero attached hydrogens (tertiary/aromatic N) is 2. The van der Waals surface area contributed by atoms with E-state index >= 15 is 0 Å². The molecule has 0 amide bonds. The van der Waals surface area contributed by atoms with Crippen LogP contribution >= 0.6 is 0 Å². The highest BCUT2D eigenvalue weighted by Gasteiger charge is 2.12. The van der Waals surface area contributed by atoms with Gasteiger partial charge in [0.25, 0.3) is 0 Å². The molecule has 5 nitrogen and oxygen atoms in total. The Kier molecular flexibility index (Phi) is 4.27. The molecule has 2 heterocycles. The summed E-state index contributed by atoms with van der Waals surface area (Å²) < 4.78 is 5.32. The summed E-state index contributed by atoms with van der Waals surface area (Å²) in [5, 5.41) is 4.46. The van der Waals surface area contributed by atoms with E-state index in [1.165, 1.54) is 5.56 Å². The maximum atomic E-state index is 5.32. The van der Waals surface area contributed by atoms with Crippen LogP contribution in [0.15, 0.2) is 67.0 Å². The number of hydrogen-bond donors (Lipinski definition) is 2. The van der Waals surface area contributed by atoms with E-state index in [0.717, 1.165) is 33.9 Å². The normalized spacial score (nSPS) is 12.1. The average molecular weight is 344 g/mol. The predicted molar refractivity (Wildman–Crippen MR) is 104 cm³/mol. The third kappa shape index (κ3) is 3.11. The Balaban J connectivity index is 1.69. The van der Waals surface area contributed by atoms with Crippen molar-refractivity contribution in [3.8, 4) is 17.0 Å². The molecule has 0 unspecified atom stereocenters. The highest BCUT2D eigenvalue weighted by Crippen LogP contribution is 2.30. The fourth-order valence-corrected chi connectivity index (χ4v) is 3.03. The molecular weight excluding hydrogens is 324 g/mol. The number of ether oxygens (including phenoxy) is 1. The van der Waals surface area contributed by atoms with Crippen LogP contribution < -0.4 is 10.1 Å². The van der Waals surface area contributed by atoms with Crippen molar-refractivity contribution >= 4 is 16.9 Å². The van der Waals surface area contributed by atoms with Gasteiger partial charge >= 0.3 is 0 Å². The Bertz CT molecular complexity index is 1030. The summed E-state index contributed by atoms with van der Waals surface area (Å²) in [7, 11) is 1.67. The van der Waals surface area contributed by atoms with Gasteiger partial charge in [-0.25, -0.2) is 9.97 Å². The zero-order valence-corrected chi connectivity index (χ0v) is 14.7. The van der Waals surface area contributed by atoms with Crippen LogP contribution in [-0.4, -0.2) is 22.1 Å². The van der Waals surface area contributed by atoms with Crippen molar-refractivity contribution in [3.63, 3.8) is 0 Å². The number of H-pyrrole nitrogens is 1. The van der Waals surface area contributed by atoms with E-state index in [-0.39, 0.29) is 6.04 Å². The summed E-state index contributed by atoms with van der Waals surface area (Å²) in [5.74, 6) is 1.64. The van der Waals surface area contributed by atoms with Crippen LogP contribution in [0.25, 0.3) is 22.3 Å². The van der Waals surface area contributed by atoms with Gasteiger partial charge in [0.2, 0.25) is 0 Å². The molecule has 4 aromatic rings. The monoisotopic (exact) mass is 344 g/mol. The van der Waals surface area contributed by atoms with Crippen LogP contribution in [0.4, 0.5) is 5.82 Å². The number of aromatic nitrogens is 3. The van der Waals surface area contributed by atoms with Crippen molar-refractivity contribution in [2.45, 2.75) is 13.0 Å². The minimum absolute atomic E-state index is 0.143. The topological polar surface area (TPSA) is 62.8 Å². The van der Waals surface area contributed by atoms with Crippen LogP contribution in [0.1, 0.15) is 18.5 Å². The first-order valence-electron chi connectivity index (χ1n) is 8.54. The molecule has 1 atom stereocenters. The second-order valence-corrected chi connectivity index (χ2v) is 6.18. The van der Waals surface area contributed by atoms with Crippen LogP contribution in [0.3, 0.4) is 0 Å². The maximum absolute atomic E-state index is 5.32. The van der Waals surface area contributed by atoms with Crippen LogP contribution in [-0.2, 0) is 0 Å². The standard InChI is InChI=1S/C21H20N4O/c1-14(15-7-4-3-5-8-15)24-20-18-12-19(25-21(18)23-13-22-20)16-9-6-10-17(11-16)26-2/h3-14H,1-2H3,(H2,22,23,24,25)/t14-/m1/s1. The zero-order chi connectivity index (χ0) is 17.9. The molecule has 130 valence electrons. The molecule has 0 saturated heterocycles. The number of fused-ring (bicyclic) bond motifs is 1. The fourth-order valence-electron chi connectivity index (χ4n) is 3.03. The number of hydrogen-bond acceptors (Lipinski definition) is 4. The lowest BCUT2D eigenvalue weighted by Crippen LogP contribution is -2.08. The third-order valence-electron chi connectivity index (χ3n) is 4.46. The molecule has 0 radical (unpaired) electrons. The number of methoxy groups -OCH3 is 1. The summed E-state index contributed by atoms with van der Waals surface area (Å²) in [6.45, 7) is 2.12. The molecule has 2 aromatic heterocycles. The molecule has 0 aliphatic carbocycles. The minimum atomic E-state index is 0.143. The summed E-state index contributed by atoms with van der Waals surface area (Å²) >= 11 is 0. The molecule has 4 rings (SSSR count). The lowest BCUT2D eigenvalue weighted by molar-refractivity contribution is 0.415. The van der Waals surface area contributed by atoms with Gasteiger partial charge in [0.15, 0.2) is 0 Å². The molecule has 0 spiro atoms. The van der Waals surface area contributed by atoms with Gasteiger partial charge in [-0.2, -0.15) is 0 Å². The van der Waals surface area contributed by atoms with E-state index in [1.54, 1.807) is 13.4 Å². The Morgan fingerprint density at radius 3 is 2.65 bits per heavy atom. The first-order chi connectivity index (χ1) is 12.7. The van der Waals surface area contributed by atoms with E-state index in [2.05, 4.69) is 45.4 Å². The van der Waals surface area contributed by atoms with E-state index in [0.29, 0.717) is 0 Å². The van der Waals surface area contributed by atoms with Crippen LogP contribution in [0.2, 0.25) is 0 Å². The smallest absolute Gasteiger partial charge is 0.143 e. The number of rotatable bonds is 5. The molecule has 2 aromatic carbocycles. The molecule has 5 heteroatoms. The van der Waals surface area contributed by atoms with Crippen molar-refractivity contribution in [2.75, 3.05) is 12.4 Å². The molecular formula is C21H20N4O. The third-order valence-corrected chi connectivity index (χ3v) is 4.46. The lowest BCUT2D eigenvalue weighted by atomic mass is 10.1. The van der Waals surface area contributed by atoms with E-state index in [1.807, 2.05) is 42.5 Å². The summed E-state index contributed by atoms with van der Waals surface area (Å²) in [6, 6.07) is 20.5. The van der Waals surface area contributed by atoms with Crippen molar-refractivity contribution in [3.05, 3.63) is 72.6 Å². The van der Waals surface area contributed by atoms with Gasteiger partial charge in [-0.15, -0.1) is 0 Å². The highest BCUT2D eigenvalue weighted by molar-refractivity contribution is 5.91. The quantitative estimate of drug-likeness (QED) is 0.545. The second kappa shape index (κ2) is 6.88. The Morgan fingerprint density at radius 2 is 1.85 bits per heavy atom. The molecule has 2 N–H and O–H groups in total. The van der Waals surface area contributed by atoms with Crippen molar-refractivity contribution in [1.29, 1.82) is 0 Å². The second-order valence-electron chi connectivity index (χ2n) is 6.18. The van der Waals surface area contributed by atoms with Crippen molar-refractivity contribution < 1.29 is 4.74 Å². The van der Waals surface area contributed by atoms with E-state index in [9.17, 15) is 0 Å². The maximum Gasteiger partial charge on any atom is 0.143 e. The Labute approximate surface area is 152 Å². The largest absolute Gasteiger partial charge is 0.497 e. The Morgan fingerprint density at radius 1 is 1.00 bits per heavy atom. The summed E-state index contributed by atoms with van der Waals surface area (Å²) in [4.78, 5) is 12.2. The van der Waals surface area contributed by atoms with E-state index < -0.39 is 0 Å². The Hall–Kier alpha value is -3.34. The average Bonchev–Trinajstić information content (AvgIpc) is 3.14. The predicted octanol–water partition coefficient (Wildman–Crippen LogP) is 4.81. The number of aromatic amines is 1. The van der Waals surface area contributed by atoms with Crippen LogP contribution in [0.5, 0.6) is 5.75 Å². The van der Waals surface area contributed by atoms with Crippen LogP contribution in [0, 0.1) is 0 Å². The number of nitrogens with one attached hydrogen (secondary N) is 2. The SMILES string of the molecule is COc1cccc(-c2cc3c(N[C@H](C)c4ccccc4)ncnc3[nH]2)c1. The first-order valence-corrected chi connectivity index (χ1v) is 8.54. The van der Waals surface area contributed by atoms with Crippen molar-refractivity contribution in [2.24, 2.45) is 0 Å². The van der Waals surface area contributed by atoms with Gasteiger partial charge in [0.1, 0.15) is 23.5 Å².